The van der Waals surface area contributed by atoms with Crippen LogP contribution in [0.3, 0.4) is 0 Å². The number of anilines is 1. The number of carbonyl (C=O) groups excluding carboxylic acids is 1. The van der Waals surface area contributed by atoms with E-state index in [1.54, 1.807) is 24.3 Å². The fourth-order valence-corrected chi connectivity index (χ4v) is 1.96. The van der Waals surface area contributed by atoms with Crippen LogP contribution in [0.1, 0.15) is 15.9 Å². The van der Waals surface area contributed by atoms with Crippen molar-refractivity contribution in [2.45, 2.75) is 6.18 Å². The number of amides is 1. The van der Waals surface area contributed by atoms with Crippen LogP contribution in [0.15, 0.2) is 48.5 Å². The Morgan fingerprint density at radius 2 is 1.71 bits per heavy atom. The number of hydrogen-bond donors (Lipinski definition) is 1. The number of ether oxygens (including phenoxy) is 2. The van der Waals surface area contributed by atoms with Crippen molar-refractivity contribution in [2.24, 2.45) is 0 Å². The summed E-state index contributed by atoms with van der Waals surface area (Å²) in [6, 6.07) is 10.8. The summed E-state index contributed by atoms with van der Waals surface area (Å²) in [6.07, 6.45) is -4.41. The van der Waals surface area contributed by atoms with Gasteiger partial charge in [-0.05, 0) is 36.4 Å². The van der Waals surface area contributed by atoms with Gasteiger partial charge in [0.25, 0.3) is 5.91 Å². The number of alkyl halides is 3. The molecule has 0 aromatic heterocycles. The van der Waals surface area contributed by atoms with Gasteiger partial charge in [-0.15, -0.1) is 0 Å². The number of nitrogens with one attached hydrogen (secondary N) is 1. The Hall–Kier alpha value is -2.54. The Balaban J connectivity index is 2.09. The van der Waals surface area contributed by atoms with Gasteiger partial charge in [-0.1, -0.05) is 12.1 Å². The van der Waals surface area contributed by atoms with Crippen molar-refractivity contribution >= 4 is 11.6 Å². The Kier molecular flexibility index (Phi) is 5.81. The van der Waals surface area contributed by atoms with Gasteiger partial charge in [0.2, 0.25) is 0 Å². The lowest BCUT2D eigenvalue weighted by atomic mass is 10.1. The molecule has 4 nitrogen and oxygen atoms in total. The van der Waals surface area contributed by atoms with Gasteiger partial charge < -0.3 is 14.8 Å². The Bertz CT molecular complexity index is 684. The lowest BCUT2D eigenvalue weighted by molar-refractivity contribution is -0.137. The maximum atomic E-state index is 12.5. The zero-order valence-electron chi connectivity index (χ0n) is 12.9. The smallest absolute Gasteiger partial charge is 0.416 e. The van der Waals surface area contributed by atoms with E-state index in [9.17, 15) is 18.0 Å². The molecule has 0 saturated carbocycles. The minimum Gasteiger partial charge on any atom is -0.490 e. The van der Waals surface area contributed by atoms with Crippen molar-refractivity contribution in [3.63, 3.8) is 0 Å². The molecule has 24 heavy (non-hydrogen) atoms. The van der Waals surface area contributed by atoms with E-state index in [4.69, 9.17) is 9.47 Å². The number of rotatable bonds is 6. The van der Waals surface area contributed by atoms with Crippen LogP contribution in [0.25, 0.3) is 0 Å². The maximum Gasteiger partial charge on any atom is 0.416 e. The number of hydrogen-bond acceptors (Lipinski definition) is 3. The first-order chi connectivity index (χ1) is 11.4. The summed E-state index contributed by atoms with van der Waals surface area (Å²) < 4.78 is 47.9. The molecule has 0 radical (unpaired) electrons. The van der Waals surface area contributed by atoms with Crippen molar-refractivity contribution in [1.82, 2.24) is 0 Å². The molecule has 1 N–H and O–H groups in total. The van der Waals surface area contributed by atoms with E-state index in [1.807, 2.05) is 0 Å². The first kappa shape index (κ1) is 17.8. The first-order valence-electron chi connectivity index (χ1n) is 7.11. The predicted molar refractivity (Wildman–Crippen MR) is 83.2 cm³/mol. The van der Waals surface area contributed by atoms with E-state index < -0.39 is 17.6 Å². The largest absolute Gasteiger partial charge is 0.490 e. The van der Waals surface area contributed by atoms with Gasteiger partial charge >= 0.3 is 6.18 Å². The molecular formula is C17H16F3NO3. The van der Waals surface area contributed by atoms with Crippen LogP contribution >= 0.6 is 0 Å². The molecule has 2 aromatic rings. The normalized spacial score (nSPS) is 11.2. The molecule has 0 atom stereocenters. The van der Waals surface area contributed by atoms with Crippen molar-refractivity contribution in [1.29, 1.82) is 0 Å². The molecule has 0 saturated heterocycles. The highest BCUT2D eigenvalue weighted by Gasteiger charge is 2.30. The zero-order valence-corrected chi connectivity index (χ0v) is 12.9. The maximum absolute atomic E-state index is 12.5. The van der Waals surface area contributed by atoms with Crippen molar-refractivity contribution in [2.75, 3.05) is 25.6 Å². The third-order valence-corrected chi connectivity index (χ3v) is 3.15. The van der Waals surface area contributed by atoms with Gasteiger partial charge in [-0.25, -0.2) is 0 Å². The van der Waals surface area contributed by atoms with E-state index in [0.717, 1.165) is 12.1 Å². The second kappa shape index (κ2) is 7.83. The number of carbonyl (C=O) groups is 1. The Morgan fingerprint density at radius 3 is 2.33 bits per heavy atom. The molecule has 0 bridgehead atoms. The van der Waals surface area contributed by atoms with Crippen molar-refractivity contribution in [3.05, 3.63) is 59.7 Å². The molecule has 128 valence electrons. The number of benzene rings is 2. The standard InChI is InChI=1S/C17H16F3NO3/c1-23-10-11-24-15-5-3-2-4-14(15)16(22)21-13-8-6-12(7-9-13)17(18,19)20/h2-9H,10-11H2,1H3,(H,21,22). The third kappa shape index (κ3) is 4.73. The quantitative estimate of drug-likeness (QED) is 0.810. The van der Waals surface area contributed by atoms with E-state index in [0.29, 0.717) is 12.4 Å². The van der Waals surface area contributed by atoms with Gasteiger partial charge in [-0.2, -0.15) is 13.2 Å². The first-order valence-corrected chi connectivity index (χ1v) is 7.11. The molecule has 0 aliphatic carbocycles. The molecule has 1 amide bonds. The number of para-hydroxylation sites is 1. The Morgan fingerprint density at radius 1 is 1.04 bits per heavy atom. The van der Waals surface area contributed by atoms with Crippen LogP contribution < -0.4 is 10.1 Å². The molecule has 0 heterocycles. The topological polar surface area (TPSA) is 47.6 Å². The number of methoxy groups -OCH3 is 1. The fourth-order valence-electron chi connectivity index (χ4n) is 1.96. The minimum atomic E-state index is -4.41. The summed E-state index contributed by atoms with van der Waals surface area (Å²) in [7, 11) is 1.53. The Labute approximate surface area is 137 Å². The van der Waals surface area contributed by atoms with Crippen LogP contribution in [0.4, 0.5) is 18.9 Å². The summed E-state index contributed by atoms with van der Waals surface area (Å²) in [5.41, 5.74) is -0.225. The minimum absolute atomic E-state index is 0.264. The van der Waals surface area contributed by atoms with E-state index in [1.165, 1.54) is 19.2 Å². The second-order valence-corrected chi connectivity index (χ2v) is 4.87. The lowest BCUT2D eigenvalue weighted by Crippen LogP contribution is -2.15. The van der Waals surface area contributed by atoms with E-state index in [-0.39, 0.29) is 17.9 Å². The summed E-state index contributed by atoms with van der Waals surface area (Å²) in [4.78, 5) is 12.3. The molecule has 0 fully saturated rings. The second-order valence-electron chi connectivity index (χ2n) is 4.87. The highest BCUT2D eigenvalue weighted by Crippen LogP contribution is 2.30. The molecule has 0 aliphatic heterocycles. The van der Waals surface area contributed by atoms with Gasteiger partial charge in [-0.3, -0.25) is 4.79 Å². The van der Waals surface area contributed by atoms with Crippen LogP contribution in [-0.2, 0) is 10.9 Å². The van der Waals surface area contributed by atoms with Crippen molar-refractivity contribution < 1.29 is 27.4 Å². The van der Waals surface area contributed by atoms with Crippen LogP contribution in [0.5, 0.6) is 5.75 Å². The zero-order chi connectivity index (χ0) is 17.6. The third-order valence-electron chi connectivity index (χ3n) is 3.15. The van der Waals surface area contributed by atoms with Gasteiger partial charge in [0, 0.05) is 12.8 Å². The number of halogens is 3. The monoisotopic (exact) mass is 339 g/mol. The summed E-state index contributed by atoms with van der Waals surface area (Å²) in [5, 5.41) is 2.55. The molecule has 2 aromatic carbocycles. The fraction of sp³-hybridized carbons (Fsp3) is 0.235. The molecule has 0 aliphatic rings. The van der Waals surface area contributed by atoms with Crippen molar-refractivity contribution in [3.8, 4) is 5.75 Å². The molecular weight excluding hydrogens is 323 g/mol. The summed E-state index contributed by atoms with van der Waals surface area (Å²) >= 11 is 0. The summed E-state index contributed by atoms with van der Waals surface area (Å²) in [6.45, 7) is 0.649. The van der Waals surface area contributed by atoms with E-state index in [2.05, 4.69) is 5.32 Å². The lowest BCUT2D eigenvalue weighted by Gasteiger charge is -2.12. The molecule has 7 heteroatoms. The predicted octanol–water partition coefficient (Wildman–Crippen LogP) is 3.98. The van der Waals surface area contributed by atoms with Gasteiger partial charge in [0.1, 0.15) is 12.4 Å². The van der Waals surface area contributed by atoms with Gasteiger partial charge in [0.15, 0.2) is 0 Å². The highest BCUT2D eigenvalue weighted by atomic mass is 19.4. The average molecular weight is 339 g/mol. The molecule has 0 unspecified atom stereocenters. The van der Waals surface area contributed by atoms with E-state index >= 15 is 0 Å². The van der Waals surface area contributed by atoms with Crippen LogP contribution in [0.2, 0.25) is 0 Å². The molecule has 0 spiro atoms. The SMILES string of the molecule is COCCOc1ccccc1C(=O)Nc1ccc(C(F)(F)F)cc1. The summed E-state index contributed by atoms with van der Waals surface area (Å²) in [5.74, 6) is -0.0956. The van der Waals surface area contributed by atoms with Gasteiger partial charge in [0.05, 0.1) is 17.7 Å². The van der Waals surface area contributed by atoms with Crippen LogP contribution in [0, 0.1) is 0 Å². The highest BCUT2D eigenvalue weighted by molar-refractivity contribution is 6.06. The average Bonchev–Trinajstić information content (AvgIpc) is 2.55. The molecule has 2 rings (SSSR count). The van der Waals surface area contributed by atoms with Crippen LogP contribution in [-0.4, -0.2) is 26.2 Å².